The second kappa shape index (κ2) is 4.75. The first-order valence-electron chi connectivity index (χ1n) is 5.90. The van der Waals surface area contributed by atoms with Crippen molar-refractivity contribution in [1.82, 2.24) is 9.55 Å². The Morgan fingerprint density at radius 3 is 2.68 bits per heavy atom. The molecule has 0 bridgehead atoms. The number of imidazole rings is 1. The Morgan fingerprint density at radius 1 is 1.47 bits per heavy atom. The molecule has 1 N–H and O–H groups in total. The number of nitro groups is 1. The molecule has 0 saturated heterocycles. The number of nitrogens with one attached hydrogen (secondary N) is 1. The van der Waals surface area contributed by atoms with E-state index in [0.717, 1.165) is 11.5 Å². The average Bonchev–Trinajstić information content (AvgIpc) is 2.88. The fraction of sp³-hybridized carbons (Fsp3) is 0.417. The van der Waals surface area contributed by atoms with Crippen molar-refractivity contribution in [2.24, 2.45) is 7.05 Å². The van der Waals surface area contributed by atoms with Gasteiger partial charge in [-0.15, -0.1) is 0 Å². The predicted octanol–water partition coefficient (Wildman–Crippen LogP) is 2.71. The highest BCUT2D eigenvalue weighted by Crippen LogP contribution is 2.28. The lowest BCUT2D eigenvalue weighted by Crippen LogP contribution is -2.10. The normalized spacial score (nSPS) is 12.4. The first-order valence-corrected chi connectivity index (χ1v) is 5.90. The summed E-state index contributed by atoms with van der Waals surface area (Å²) in [5.74, 6) is 2.32. The number of anilines is 1. The lowest BCUT2D eigenvalue weighted by molar-refractivity contribution is -0.388. The van der Waals surface area contributed by atoms with Crippen molar-refractivity contribution < 1.29 is 9.34 Å². The fourth-order valence-electron chi connectivity index (χ4n) is 1.84. The van der Waals surface area contributed by atoms with Crippen molar-refractivity contribution >= 4 is 11.6 Å². The van der Waals surface area contributed by atoms with E-state index in [1.54, 1.807) is 18.5 Å². The SMILES string of the molecule is Cc1ccc(C(C)Nc2c([N+](=O)[O-])nc(C)n2C)o1. The summed E-state index contributed by atoms with van der Waals surface area (Å²) in [5, 5.41) is 14.1. The van der Waals surface area contributed by atoms with Gasteiger partial charge < -0.3 is 19.8 Å². The standard InChI is InChI=1S/C12H16N4O3/c1-7-5-6-10(19-7)8(2)13-11-12(16(17)18)14-9(3)15(11)4/h5-6,8,13H,1-4H3. The monoisotopic (exact) mass is 264 g/mol. The molecule has 0 saturated carbocycles. The molecule has 2 heterocycles. The summed E-state index contributed by atoms with van der Waals surface area (Å²) in [6, 6.07) is 3.53. The highest BCUT2D eigenvalue weighted by Gasteiger charge is 2.25. The number of aromatic nitrogens is 2. The highest BCUT2D eigenvalue weighted by molar-refractivity contribution is 5.54. The Bertz CT molecular complexity index is 615. The van der Waals surface area contributed by atoms with Crippen LogP contribution in [0.25, 0.3) is 0 Å². The lowest BCUT2D eigenvalue weighted by atomic mass is 10.2. The van der Waals surface area contributed by atoms with Crippen LogP contribution in [0, 0.1) is 24.0 Å². The third-order valence-corrected chi connectivity index (χ3v) is 3.01. The molecule has 0 aliphatic heterocycles. The molecule has 1 atom stereocenters. The van der Waals surface area contributed by atoms with Gasteiger partial charge in [-0.2, -0.15) is 0 Å². The van der Waals surface area contributed by atoms with E-state index in [4.69, 9.17) is 4.42 Å². The van der Waals surface area contributed by atoms with Gasteiger partial charge in [0.05, 0.1) is 6.04 Å². The largest absolute Gasteiger partial charge is 0.464 e. The van der Waals surface area contributed by atoms with Gasteiger partial charge >= 0.3 is 5.82 Å². The summed E-state index contributed by atoms with van der Waals surface area (Å²) in [7, 11) is 1.73. The van der Waals surface area contributed by atoms with Crippen LogP contribution in [-0.4, -0.2) is 14.5 Å². The summed E-state index contributed by atoms with van der Waals surface area (Å²) in [4.78, 5) is 14.4. The van der Waals surface area contributed by atoms with Crippen molar-refractivity contribution in [3.05, 3.63) is 39.6 Å². The van der Waals surface area contributed by atoms with E-state index >= 15 is 0 Å². The van der Waals surface area contributed by atoms with Gasteiger partial charge in [-0.25, -0.2) is 0 Å². The van der Waals surface area contributed by atoms with Crippen molar-refractivity contribution in [3.8, 4) is 0 Å². The number of aryl methyl sites for hydroxylation is 2. The van der Waals surface area contributed by atoms with Crippen LogP contribution in [0.5, 0.6) is 0 Å². The maximum Gasteiger partial charge on any atom is 0.406 e. The molecule has 0 spiro atoms. The zero-order chi connectivity index (χ0) is 14.2. The van der Waals surface area contributed by atoms with E-state index in [-0.39, 0.29) is 11.9 Å². The predicted molar refractivity (Wildman–Crippen MR) is 70.1 cm³/mol. The molecule has 7 nitrogen and oxygen atoms in total. The van der Waals surface area contributed by atoms with Gasteiger partial charge in [0.15, 0.2) is 0 Å². The zero-order valence-corrected chi connectivity index (χ0v) is 11.3. The summed E-state index contributed by atoms with van der Waals surface area (Å²) < 4.78 is 7.16. The van der Waals surface area contributed by atoms with Crippen molar-refractivity contribution in [1.29, 1.82) is 0 Å². The lowest BCUT2D eigenvalue weighted by Gasteiger charge is -2.12. The molecule has 0 radical (unpaired) electrons. The molecule has 102 valence electrons. The molecule has 7 heteroatoms. The quantitative estimate of drug-likeness (QED) is 0.677. The van der Waals surface area contributed by atoms with Gasteiger partial charge in [0.2, 0.25) is 11.6 Å². The van der Waals surface area contributed by atoms with E-state index in [2.05, 4.69) is 10.3 Å². The maximum atomic E-state index is 11.0. The Kier molecular flexibility index (Phi) is 3.28. The number of hydrogen-bond acceptors (Lipinski definition) is 5. The van der Waals surface area contributed by atoms with E-state index < -0.39 is 4.92 Å². The molecule has 0 amide bonds. The van der Waals surface area contributed by atoms with E-state index in [9.17, 15) is 10.1 Å². The summed E-state index contributed by atoms with van der Waals surface area (Å²) in [5.41, 5.74) is 0. The molecule has 0 aliphatic rings. The van der Waals surface area contributed by atoms with Crippen LogP contribution in [-0.2, 0) is 7.05 Å². The Hall–Kier alpha value is -2.31. The topological polar surface area (TPSA) is 86.1 Å². The van der Waals surface area contributed by atoms with Crippen LogP contribution in [0.3, 0.4) is 0 Å². The zero-order valence-electron chi connectivity index (χ0n) is 11.3. The van der Waals surface area contributed by atoms with E-state index in [1.807, 2.05) is 26.0 Å². The molecular weight excluding hydrogens is 248 g/mol. The maximum absolute atomic E-state index is 11.0. The van der Waals surface area contributed by atoms with Crippen LogP contribution in [0.1, 0.15) is 30.3 Å². The molecule has 0 fully saturated rings. The molecule has 2 aromatic heterocycles. The molecule has 1 unspecified atom stereocenters. The minimum Gasteiger partial charge on any atom is -0.464 e. The Balaban J connectivity index is 2.30. The fourth-order valence-corrected chi connectivity index (χ4v) is 1.84. The first-order chi connectivity index (χ1) is 8.90. The smallest absolute Gasteiger partial charge is 0.406 e. The van der Waals surface area contributed by atoms with Crippen LogP contribution in [0.4, 0.5) is 11.6 Å². The summed E-state index contributed by atoms with van der Waals surface area (Å²) in [6.45, 7) is 5.46. The second-order valence-corrected chi connectivity index (χ2v) is 4.46. The van der Waals surface area contributed by atoms with E-state index in [0.29, 0.717) is 11.6 Å². The molecule has 2 aromatic rings. The summed E-state index contributed by atoms with van der Waals surface area (Å²) in [6.07, 6.45) is 0. The third kappa shape index (κ3) is 2.44. The van der Waals surface area contributed by atoms with Crippen LogP contribution in [0.2, 0.25) is 0 Å². The van der Waals surface area contributed by atoms with Crippen LogP contribution >= 0.6 is 0 Å². The van der Waals surface area contributed by atoms with Gasteiger partial charge in [-0.05, 0) is 35.9 Å². The Labute approximate surface area is 110 Å². The second-order valence-electron chi connectivity index (χ2n) is 4.46. The van der Waals surface area contributed by atoms with Gasteiger partial charge in [-0.3, -0.25) is 4.57 Å². The van der Waals surface area contributed by atoms with Gasteiger partial charge in [-0.1, -0.05) is 0 Å². The third-order valence-electron chi connectivity index (χ3n) is 3.01. The molecular formula is C12H16N4O3. The molecule has 19 heavy (non-hydrogen) atoms. The van der Waals surface area contributed by atoms with Crippen molar-refractivity contribution in [2.75, 3.05) is 5.32 Å². The van der Waals surface area contributed by atoms with E-state index in [1.165, 1.54) is 0 Å². The van der Waals surface area contributed by atoms with Gasteiger partial charge in [0, 0.05) is 14.0 Å². The van der Waals surface area contributed by atoms with Crippen LogP contribution in [0.15, 0.2) is 16.5 Å². The number of rotatable bonds is 4. The molecule has 0 aromatic carbocycles. The average molecular weight is 264 g/mol. The van der Waals surface area contributed by atoms with Crippen molar-refractivity contribution in [2.45, 2.75) is 26.8 Å². The van der Waals surface area contributed by atoms with Crippen LogP contribution < -0.4 is 5.32 Å². The number of hydrogen-bond donors (Lipinski definition) is 1. The van der Waals surface area contributed by atoms with Crippen molar-refractivity contribution in [3.63, 3.8) is 0 Å². The minimum atomic E-state index is -0.491. The summed E-state index contributed by atoms with van der Waals surface area (Å²) >= 11 is 0. The van der Waals surface area contributed by atoms with Gasteiger partial charge in [0.1, 0.15) is 11.5 Å². The molecule has 2 rings (SSSR count). The minimum absolute atomic E-state index is 0.171. The first kappa shape index (κ1) is 13.1. The highest BCUT2D eigenvalue weighted by atomic mass is 16.6. The number of nitrogens with zero attached hydrogens (tertiary/aromatic N) is 3. The number of furan rings is 1. The Morgan fingerprint density at radius 2 is 2.16 bits per heavy atom. The molecule has 0 aliphatic carbocycles. The van der Waals surface area contributed by atoms with Gasteiger partial charge in [0.25, 0.3) is 0 Å².